The first-order chi connectivity index (χ1) is 13.5. The van der Waals surface area contributed by atoms with Gasteiger partial charge in [0.25, 0.3) is 0 Å². The van der Waals surface area contributed by atoms with Crippen LogP contribution in [0.25, 0.3) is 0 Å². The normalized spacial score (nSPS) is 10.8. The van der Waals surface area contributed by atoms with Crippen molar-refractivity contribution in [1.82, 2.24) is 15.6 Å². The van der Waals surface area contributed by atoms with E-state index in [0.29, 0.717) is 30.3 Å². The van der Waals surface area contributed by atoms with E-state index in [1.54, 1.807) is 32.7 Å². The molecule has 1 aromatic heterocycles. The molecule has 0 aliphatic carbocycles. The maximum atomic E-state index is 5.40. The first-order valence-electron chi connectivity index (χ1n) is 8.95. The molecule has 0 saturated heterocycles. The minimum absolute atomic E-state index is 0. The number of nitrogens with one attached hydrogen (secondary N) is 2. The zero-order valence-electron chi connectivity index (χ0n) is 17.7. The number of aliphatic imine (C=N–C) groups is 1. The number of thiazole rings is 1. The Labute approximate surface area is 193 Å². The Morgan fingerprint density at radius 2 is 1.76 bits per heavy atom. The van der Waals surface area contributed by atoms with Crippen molar-refractivity contribution < 1.29 is 14.2 Å². The molecule has 1 aromatic carbocycles. The van der Waals surface area contributed by atoms with Crippen molar-refractivity contribution in [2.45, 2.75) is 20.0 Å². The fourth-order valence-corrected chi connectivity index (χ4v) is 3.25. The number of anilines is 1. The van der Waals surface area contributed by atoms with Gasteiger partial charge in [0.15, 0.2) is 22.6 Å². The van der Waals surface area contributed by atoms with E-state index < -0.39 is 0 Å². The Kier molecular flexibility index (Phi) is 10.9. The number of benzene rings is 1. The number of methoxy groups -OCH3 is 3. The quantitative estimate of drug-likeness (QED) is 0.290. The number of aromatic nitrogens is 1. The summed E-state index contributed by atoms with van der Waals surface area (Å²) in [5.41, 5.74) is 1.93. The zero-order chi connectivity index (χ0) is 20.5. The van der Waals surface area contributed by atoms with Crippen molar-refractivity contribution in [2.24, 2.45) is 4.99 Å². The summed E-state index contributed by atoms with van der Waals surface area (Å²) in [6.07, 6.45) is 0. The van der Waals surface area contributed by atoms with Gasteiger partial charge >= 0.3 is 0 Å². The fraction of sp³-hybridized carbons (Fsp3) is 0.474. The summed E-state index contributed by atoms with van der Waals surface area (Å²) in [7, 11) is 8.77. The molecule has 8 nitrogen and oxygen atoms in total. The molecule has 0 saturated carbocycles. The van der Waals surface area contributed by atoms with Gasteiger partial charge in [-0.25, -0.2) is 9.98 Å². The largest absolute Gasteiger partial charge is 0.493 e. The summed E-state index contributed by atoms with van der Waals surface area (Å²) >= 11 is 1.62. The van der Waals surface area contributed by atoms with Crippen LogP contribution in [-0.4, -0.2) is 52.9 Å². The molecule has 0 fully saturated rings. The summed E-state index contributed by atoms with van der Waals surface area (Å²) in [5, 5.41) is 9.60. The van der Waals surface area contributed by atoms with Crippen LogP contribution in [-0.2, 0) is 13.1 Å². The lowest BCUT2D eigenvalue weighted by Crippen LogP contribution is -2.36. The van der Waals surface area contributed by atoms with E-state index in [-0.39, 0.29) is 24.0 Å². The lowest BCUT2D eigenvalue weighted by atomic mass is 10.2. The molecule has 0 unspecified atom stereocenters. The first kappa shape index (κ1) is 25.1. The van der Waals surface area contributed by atoms with E-state index in [9.17, 15) is 0 Å². The molecule has 0 bridgehead atoms. The van der Waals surface area contributed by atoms with Gasteiger partial charge in [-0.05, 0) is 24.6 Å². The number of guanidine groups is 1. The summed E-state index contributed by atoms with van der Waals surface area (Å²) < 4.78 is 16.2. The van der Waals surface area contributed by atoms with E-state index in [4.69, 9.17) is 14.2 Å². The third-order valence-corrected chi connectivity index (χ3v) is 4.90. The number of halogens is 1. The minimum atomic E-state index is 0. The van der Waals surface area contributed by atoms with E-state index in [0.717, 1.165) is 28.9 Å². The summed E-state index contributed by atoms with van der Waals surface area (Å²) in [4.78, 5) is 11.2. The lowest BCUT2D eigenvalue weighted by molar-refractivity contribution is 0.324. The van der Waals surface area contributed by atoms with Crippen molar-refractivity contribution in [3.63, 3.8) is 0 Å². The molecule has 29 heavy (non-hydrogen) atoms. The lowest BCUT2D eigenvalue weighted by Gasteiger charge is -2.14. The molecule has 0 atom stereocenters. The smallest absolute Gasteiger partial charge is 0.203 e. The molecule has 2 rings (SSSR count). The van der Waals surface area contributed by atoms with Crippen LogP contribution in [0.5, 0.6) is 17.2 Å². The Balaban J connectivity index is 0.00000420. The van der Waals surface area contributed by atoms with Crippen LogP contribution in [0.3, 0.4) is 0 Å². The van der Waals surface area contributed by atoms with Crippen LogP contribution in [0.15, 0.2) is 22.5 Å². The second kappa shape index (κ2) is 12.6. The van der Waals surface area contributed by atoms with Gasteiger partial charge in [0.1, 0.15) is 0 Å². The Morgan fingerprint density at radius 3 is 2.24 bits per heavy atom. The average Bonchev–Trinajstić information content (AvgIpc) is 3.18. The number of nitrogens with zero attached hydrogens (tertiary/aromatic N) is 3. The molecule has 10 heteroatoms. The van der Waals surface area contributed by atoms with E-state index >= 15 is 0 Å². The third kappa shape index (κ3) is 7.11. The third-order valence-electron chi connectivity index (χ3n) is 3.85. The van der Waals surface area contributed by atoms with Crippen LogP contribution < -0.4 is 29.7 Å². The molecular formula is C19H30IN5O3S. The highest BCUT2D eigenvalue weighted by Crippen LogP contribution is 2.38. The van der Waals surface area contributed by atoms with Gasteiger partial charge in [0.2, 0.25) is 5.75 Å². The van der Waals surface area contributed by atoms with Crippen LogP contribution in [0.1, 0.15) is 18.2 Å². The molecule has 2 N–H and O–H groups in total. The summed E-state index contributed by atoms with van der Waals surface area (Å²) in [6.45, 7) is 3.86. The molecule has 0 spiro atoms. The van der Waals surface area contributed by atoms with E-state index in [1.165, 1.54) is 0 Å². The number of hydrogen-bond acceptors (Lipinski definition) is 7. The fourth-order valence-electron chi connectivity index (χ4n) is 2.50. The van der Waals surface area contributed by atoms with Crippen molar-refractivity contribution in [1.29, 1.82) is 0 Å². The topological polar surface area (TPSA) is 80.2 Å². The zero-order valence-corrected chi connectivity index (χ0v) is 20.9. The van der Waals surface area contributed by atoms with E-state index in [2.05, 4.69) is 20.6 Å². The van der Waals surface area contributed by atoms with Crippen molar-refractivity contribution in [3.05, 3.63) is 28.8 Å². The molecule has 0 amide bonds. The average molecular weight is 535 g/mol. The second-order valence-corrected chi connectivity index (χ2v) is 6.93. The second-order valence-electron chi connectivity index (χ2n) is 6.10. The van der Waals surface area contributed by atoms with E-state index in [1.807, 2.05) is 43.4 Å². The van der Waals surface area contributed by atoms with Crippen LogP contribution >= 0.6 is 35.3 Å². The van der Waals surface area contributed by atoms with Gasteiger partial charge < -0.3 is 29.7 Å². The molecular weight excluding hydrogens is 505 g/mol. The molecule has 2 aromatic rings. The SMILES string of the molecule is CCNC(=NCc1cc(OC)c(OC)c(OC)c1)NCc1csc(N(C)C)n1.I. The first-order valence-corrected chi connectivity index (χ1v) is 9.83. The van der Waals surface area contributed by atoms with Crippen molar-refractivity contribution in [3.8, 4) is 17.2 Å². The van der Waals surface area contributed by atoms with Crippen molar-refractivity contribution in [2.75, 3.05) is 46.9 Å². The molecule has 0 radical (unpaired) electrons. The highest BCUT2D eigenvalue weighted by Gasteiger charge is 2.13. The predicted octanol–water partition coefficient (Wildman–Crippen LogP) is 3.11. The molecule has 0 aliphatic rings. The Hall–Kier alpha value is -1.95. The molecule has 0 aliphatic heterocycles. The highest BCUT2D eigenvalue weighted by atomic mass is 127. The predicted molar refractivity (Wildman–Crippen MR) is 130 cm³/mol. The minimum Gasteiger partial charge on any atom is -0.493 e. The standard InChI is InChI=1S/C19H29N5O3S.HI/c1-7-20-18(22-11-14-12-28-19(23-14)24(2)3)21-10-13-8-15(25-4)17(27-6)16(9-13)26-5;/h8-9,12H,7,10-11H2,1-6H3,(H2,20,21,22);1H. The van der Waals surface area contributed by atoms with Gasteiger partial charge in [-0.15, -0.1) is 35.3 Å². The Bertz CT molecular complexity index is 773. The summed E-state index contributed by atoms with van der Waals surface area (Å²) in [6, 6.07) is 3.80. The van der Waals surface area contributed by atoms with Gasteiger partial charge in [0, 0.05) is 26.0 Å². The number of rotatable bonds is 9. The van der Waals surface area contributed by atoms with Crippen LogP contribution in [0, 0.1) is 0 Å². The summed E-state index contributed by atoms with van der Waals surface area (Å²) in [5.74, 6) is 2.52. The van der Waals surface area contributed by atoms with Gasteiger partial charge in [-0.2, -0.15) is 0 Å². The highest BCUT2D eigenvalue weighted by molar-refractivity contribution is 14.0. The van der Waals surface area contributed by atoms with Gasteiger partial charge in [-0.1, -0.05) is 0 Å². The molecule has 1 heterocycles. The van der Waals surface area contributed by atoms with Gasteiger partial charge in [0.05, 0.1) is 40.1 Å². The number of hydrogen-bond donors (Lipinski definition) is 2. The van der Waals surface area contributed by atoms with Gasteiger partial charge in [-0.3, -0.25) is 0 Å². The maximum Gasteiger partial charge on any atom is 0.203 e. The van der Waals surface area contributed by atoms with Crippen LogP contribution in [0.2, 0.25) is 0 Å². The van der Waals surface area contributed by atoms with Crippen molar-refractivity contribution >= 4 is 46.4 Å². The Morgan fingerprint density at radius 1 is 1.10 bits per heavy atom. The number of ether oxygens (including phenoxy) is 3. The molecule has 162 valence electrons. The maximum absolute atomic E-state index is 5.40. The van der Waals surface area contributed by atoms with Crippen LogP contribution in [0.4, 0.5) is 5.13 Å². The monoisotopic (exact) mass is 535 g/mol.